The first-order chi connectivity index (χ1) is 7.25. The first-order valence-electron chi connectivity index (χ1n) is 5.35. The highest BCUT2D eigenvalue weighted by molar-refractivity contribution is 5.92. The first-order valence-corrected chi connectivity index (χ1v) is 5.35. The summed E-state index contributed by atoms with van der Waals surface area (Å²) < 4.78 is 0. The Balaban J connectivity index is 1.88. The third-order valence-corrected chi connectivity index (χ3v) is 2.67. The van der Waals surface area contributed by atoms with Gasteiger partial charge in [0, 0.05) is 12.1 Å². The number of carbonyl (C=O) groups excluding carboxylic acids is 1. The van der Waals surface area contributed by atoms with Gasteiger partial charge in [0.1, 0.15) is 0 Å². The van der Waals surface area contributed by atoms with Crippen LogP contribution in [-0.4, -0.2) is 12.5 Å². The summed E-state index contributed by atoms with van der Waals surface area (Å²) in [4.78, 5) is 10.9. The summed E-state index contributed by atoms with van der Waals surface area (Å²) in [5.74, 6) is 0.517. The van der Waals surface area contributed by atoms with E-state index in [0.717, 1.165) is 24.6 Å². The monoisotopic (exact) mass is 204 g/mol. The molecule has 0 saturated heterocycles. The molecule has 1 amide bonds. The van der Waals surface area contributed by atoms with Gasteiger partial charge in [0.25, 0.3) is 0 Å². The van der Waals surface area contributed by atoms with Crippen LogP contribution >= 0.6 is 0 Å². The zero-order chi connectivity index (χ0) is 10.7. The number of carbonyl (C=O) groups is 1. The third-order valence-electron chi connectivity index (χ3n) is 2.67. The smallest absolute Gasteiger partial charge is 0.248 e. The van der Waals surface area contributed by atoms with Crippen molar-refractivity contribution < 1.29 is 4.79 Å². The molecule has 3 heteroatoms. The molecule has 3 N–H and O–H groups in total. The molecule has 1 aromatic carbocycles. The van der Waals surface area contributed by atoms with E-state index in [-0.39, 0.29) is 5.91 Å². The summed E-state index contributed by atoms with van der Waals surface area (Å²) in [5.41, 5.74) is 6.91. The van der Waals surface area contributed by atoms with Crippen molar-refractivity contribution in [2.75, 3.05) is 6.54 Å². The average molecular weight is 204 g/mol. The first kappa shape index (κ1) is 10.2. The Labute approximate surface area is 89.7 Å². The van der Waals surface area contributed by atoms with Gasteiger partial charge in [-0.05, 0) is 43.0 Å². The number of rotatable bonds is 5. The molecule has 0 radical (unpaired) electrons. The molecule has 0 atom stereocenters. The number of amides is 1. The summed E-state index contributed by atoms with van der Waals surface area (Å²) in [6.07, 6.45) is 2.71. The Morgan fingerprint density at radius 2 is 2.27 bits per heavy atom. The van der Waals surface area contributed by atoms with E-state index < -0.39 is 0 Å². The van der Waals surface area contributed by atoms with Crippen LogP contribution in [0.2, 0.25) is 0 Å². The predicted molar refractivity (Wildman–Crippen MR) is 59.4 cm³/mol. The Hall–Kier alpha value is -1.35. The standard InChI is InChI=1S/C12H16N2O/c13-12(15)11-3-1-2-10(6-11)8-14-7-9-4-5-9/h1-3,6,9,14H,4-5,7-8H2,(H2,13,15). The quantitative estimate of drug-likeness (QED) is 0.759. The maximum Gasteiger partial charge on any atom is 0.248 e. The zero-order valence-electron chi connectivity index (χ0n) is 8.70. The molecule has 0 aromatic heterocycles. The van der Waals surface area contributed by atoms with Gasteiger partial charge in [0.05, 0.1) is 0 Å². The third kappa shape index (κ3) is 3.06. The van der Waals surface area contributed by atoms with Crippen LogP contribution in [0.25, 0.3) is 0 Å². The van der Waals surface area contributed by atoms with Gasteiger partial charge in [-0.1, -0.05) is 12.1 Å². The fraction of sp³-hybridized carbons (Fsp3) is 0.417. The molecule has 0 bridgehead atoms. The van der Waals surface area contributed by atoms with Crippen LogP contribution in [0, 0.1) is 5.92 Å². The number of hydrogen-bond acceptors (Lipinski definition) is 2. The molecule has 0 unspecified atom stereocenters. The molecule has 1 aliphatic carbocycles. The average Bonchev–Trinajstić information content (AvgIpc) is 3.02. The lowest BCUT2D eigenvalue weighted by Crippen LogP contribution is -2.17. The van der Waals surface area contributed by atoms with Crippen molar-refractivity contribution in [1.82, 2.24) is 5.32 Å². The molecule has 80 valence electrons. The van der Waals surface area contributed by atoms with Crippen LogP contribution in [0.4, 0.5) is 0 Å². The van der Waals surface area contributed by atoms with Crippen molar-refractivity contribution in [3.63, 3.8) is 0 Å². The van der Waals surface area contributed by atoms with E-state index in [9.17, 15) is 4.79 Å². The highest BCUT2D eigenvalue weighted by atomic mass is 16.1. The molecule has 2 rings (SSSR count). The van der Waals surface area contributed by atoms with Gasteiger partial charge >= 0.3 is 0 Å². The maximum atomic E-state index is 10.9. The number of hydrogen-bond donors (Lipinski definition) is 2. The Morgan fingerprint density at radius 3 is 2.93 bits per heavy atom. The van der Waals surface area contributed by atoms with E-state index in [1.54, 1.807) is 6.07 Å². The van der Waals surface area contributed by atoms with E-state index in [1.165, 1.54) is 12.8 Å². The van der Waals surface area contributed by atoms with Gasteiger partial charge in [-0.25, -0.2) is 0 Å². The van der Waals surface area contributed by atoms with Gasteiger partial charge in [-0.15, -0.1) is 0 Å². The summed E-state index contributed by atoms with van der Waals surface area (Å²) >= 11 is 0. The molecule has 1 fully saturated rings. The van der Waals surface area contributed by atoms with E-state index in [1.807, 2.05) is 18.2 Å². The summed E-state index contributed by atoms with van der Waals surface area (Å²) in [7, 11) is 0. The van der Waals surface area contributed by atoms with Gasteiger partial charge in [0.2, 0.25) is 5.91 Å². The van der Waals surface area contributed by atoms with Crippen molar-refractivity contribution in [2.24, 2.45) is 11.7 Å². The van der Waals surface area contributed by atoms with Gasteiger partial charge in [-0.3, -0.25) is 4.79 Å². The van der Waals surface area contributed by atoms with Crippen LogP contribution in [-0.2, 0) is 6.54 Å². The van der Waals surface area contributed by atoms with Crippen LogP contribution in [0.15, 0.2) is 24.3 Å². The lowest BCUT2D eigenvalue weighted by molar-refractivity contribution is 0.1000. The minimum atomic E-state index is -0.362. The Kier molecular flexibility index (Phi) is 3.02. The molecular weight excluding hydrogens is 188 g/mol. The lowest BCUT2D eigenvalue weighted by atomic mass is 10.1. The molecule has 0 heterocycles. The van der Waals surface area contributed by atoms with E-state index in [4.69, 9.17) is 5.73 Å². The van der Waals surface area contributed by atoms with Crippen LogP contribution < -0.4 is 11.1 Å². The van der Waals surface area contributed by atoms with Crippen molar-refractivity contribution in [1.29, 1.82) is 0 Å². The van der Waals surface area contributed by atoms with Crippen molar-refractivity contribution in [3.8, 4) is 0 Å². The van der Waals surface area contributed by atoms with E-state index >= 15 is 0 Å². The molecule has 1 aliphatic rings. The topological polar surface area (TPSA) is 55.1 Å². The highest BCUT2D eigenvalue weighted by Crippen LogP contribution is 2.27. The highest BCUT2D eigenvalue weighted by Gasteiger charge is 2.20. The second kappa shape index (κ2) is 4.45. The zero-order valence-corrected chi connectivity index (χ0v) is 8.70. The number of primary amides is 1. The van der Waals surface area contributed by atoms with Crippen LogP contribution in [0.1, 0.15) is 28.8 Å². The Morgan fingerprint density at radius 1 is 1.47 bits per heavy atom. The summed E-state index contributed by atoms with van der Waals surface area (Å²) in [5, 5.41) is 3.38. The fourth-order valence-electron chi connectivity index (χ4n) is 1.58. The normalized spacial score (nSPS) is 15.2. The fourth-order valence-corrected chi connectivity index (χ4v) is 1.58. The van der Waals surface area contributed by atoms with E-state index in [0.29, 0.717) is 5.56 Å². The van der Waals surface area contributed by atoms with Gasteiger partial charge in [-0.2, -0.15) is 0 Å². The minimum absolute atomic E-state index is 0.362. The second-order valence-electron chi connectivity index (χ2n) is 4.14. The molecular formula is C12H16N2O. The van der Waals surface area contributed by atoms with E-state index in [2.05, 4.69) is 5.32 Å². The molecule has 3 nitrogen and oxygen atoms in total. The van der Waals surface area contributed by atoms with Crippen LogP contribution in [0.3, 0.4) is 0 Å². The molecule has 15 heavy (non-hydrogen) atoms. The maximum absolute atomic E-state index is 10.9. The summed E-state index contributed by atoms with van der Waals surface area (Å²) in [6, 6.07) is 7.47. The van der Waals surface area contributed by atoms with Crippen molar-refractivity contribution in [3.05, 3.63) is 35.4 Å². The molecule has 0 aliphatic heterocycles. The second-order valence-corrected chi connectivity index (χ2v) is 4.14. The predicted octanol–water partition coefficient (Wildman–Crippen LogP) is 1.29. The molecule has 1 aromatic rings. The van der Waals surface area contributed by atoms with Gasteiger partial charge < -0.3 is 11.1 Å². The largest absolute Gasteiger partial charge is 0.366 e. The number of nitrogens with two attached hydrogens (primary N) is 1. The van der Waals surface area contributed by atoms with Crippen LogP contribution in [0.5, 0.6) is 0 Å². The minimum Gasteiger partial charge on any atom is -0.366 e. The van der Waals surface area contributed by atoms with Crippen molar-refractivity contribution >= 4 is 5.91 Å². The van der Waals surface area contributed by atoms with Crippen molar-refractivity contribution in [2.45, 2.75) is 19.4 Å². The Bertz CT molecular complexity index is 358. The summed E-state index contributed by atoms with van der Waals surface area (Å²) in [6.45, 7) is 1.90. The lowest BCUT2D eigenvalue weighted by Gasteiger charge is -2.04. The number of nitrogens with one attached hydrogen (secondary N) is 1. The molecule has 1 saturated carbocycles. The van der Waals surface area contributed by atoms with Gasteiger partial charge in [0.15, 0.2) is 0 Å². The SMILES string of the molecule is NC(=O)c1cccc(CNCC2CC2)c1. The number of benzene rings is 1. The molecule has 0 spiro atoms.